The van der Waals surface area contributed by atoms with Crippen molar-refractivity contribution in [2.24, 2.45) is 0 Å². The molecule has 1 aromatic heterocycles. The fraction of sp³-hybridized carbons (Fsp3) is 0.294. The second-order valence-electron chi connectivity index (χ2n) is 5.08. The predicted octanol–water partition coefficient (Wildman–Crippen LogP) is 3.34. The fourth-order valence-electron chi connectivity index (χ4n) is 1.99. The molecule has 6 heteroatoms. The van der Waals surface area contributed by atoms with E-state index in [1.165, 1.54) is 0 Å². The van der Waals surface area contributed by atoms with Gasteiger partial charge in [-0.2, -0.15) is 0 Å². The molecule has 0 spiro atoms. The van der Waals surface area contributed by atoms with Crippen molar-refractivity contribution < 1.29 is 18.7 Å². The maximum Gasteiger partial charge on any atom is 0.291 e. The van der Waals surface area contributed by atoms with Gasteiger partial charge in [0.1, 0.15) is 12.4 Å². The Balaban J connectivity index is 2.12. The highest BCUT2D eigenvalue weighted by Crippen LogP contribution is 2.21. The molecule has 2 N–H and O–H groups in total. The Kier molecular flexibility index (Phi) is 5.54. The van der Waals surface area contributed by atoms with Crippen molar-refractivity contribution in [2.75, 3.05) is 17.7 Å². The molecule has 0 atom stereocenters. The summed E-state index contributed by atoms with van der Waals surface area (Å²) in [5.41, 5.74) is 2.14. The first-order valence-electron chi connectivity index (χ1n) is 7.33. The van der Waals surface area contributed by atoms with E-state index in [9.17, 15) is 9.59 Å². The molecule has 0 bridgehead atoms. The van der Waals surface area contributed by atoms with Crippen molar-refractivity contribution in [1.82, 2.24) is 0 Å². The third kappa shape index (κ3) is 4.43. The van der Waals surface area contributed by atoms with E-state index < -0.39 is 0 Å². The van der Waals surface area contributed by atoms with Crippen LogP contribution in [-0.2, 0) is 16.1 Å². The molecule has 6 nitrogen and oxygen atoms in total. The van der Waals surface area contributed by atoms with Gasteiger partial charge < -0.3 is 19.8 Å². The summed E-state index contributed by atoms with van der Waals surface area (Å²) in [4.78, 5) is 23.7. The summed E-state index contributed by atoms with van der Waals surface area (Å²) >= 11 is 0. The zero-order valence-electron chi connectivity index (χ0n) is 13.4. The number of nitrogens with one attached hydrogen (secondary N) is 2. The number of furan rings is 1. The molecule has 0 saturated heterocycles. The molecule has 0 aliphatic carbocycles. The Hall–Kier alpha value is -2.60. The molecular formula is C17H20N2O4. The van der Waals surface area contributed by atoms with Gasteiger partial charge in [0.15, 0.2) is 5.76 Å². The van der Waals surface area contributed by atoms with Gasteiger partial charge in [0, 0.05) is 24.9 Å². The molecule has 2 rings (SSSR count). The summed E-state index contributed by atoms with van der Waals surface area (Å²) in [5, 5.41) is 5.55. The van der Waals surface area contributed by atoms with E-state index in [0.29, 0.717) is 30.2 Å². The van der Waals surface area contributed by atoms with Gasteiger partial charge >= 0.3 is 0 Å². The molecule has 0 radical (unpaired) electrons. The van der Waals surface area contributed by atoms with E-state index >= 15 is 0 Å². The first-order valence-corrected chi connectivity index (χ1v) is 7.33. The number of benzene rings is 1. The first-order chi connectivity index (χ1) is 11.0. The third-order valence-electron chi connectivity index (χ3n) is 3.26. The minimum Gasteiger partial charge on any atom is -0.453 e. The summed E-state index contributed by atoms with van der Waals surface area (Å²) in [7, 11) is 1.56. The van der Waals surface area contributed by atoms with E-state index in [-0.39, 0.29) is 17.6 Å². The summed E-state index contributed by atoms with van der Waals surface area (Å²) in [6.45, 7) is 3.96. The predicted molar refractivity (Wildman–Crippen MR) is 87.5 cm³/mol. The van der Waals surface area contributed by atoms with E-state index in [2.05, 4.69) is 10.6 Å². The monoisotopic (exact) mass is 316 g/mol. The zero-order chi connectivity index (χ0) is 16.8. The lowest BCUT2D eigenvalue weighted by Crippen LogP contribution is -2.13. The maximum atomic E-state index is 12.2. The van der Waals surface area contributed by atoms with E-state index in [4.69, 9.17) is 9.15 Å². The van der Waals surface area contributed by atoms with Crippen LogP contribution in [-0.4, -0.2) is 18.9 Å². The number of hydrogen-bond donors (Lipinski definition) is 2. The average Bonchev–Trinajstić information content (AvgIpc) is 2.99. The average molecular weight is 316 g/mol. The fourth-order valence-corrected chi connectivity index (χ4v) is 1.99. The van der Waals surface area contributed by atoms with Crippen molar-refractivity contribution in [1.29, 1.82) is 0 Å². The Bertz CT molecular complexity index is 706. The molecule has 1 heterocycles. The molecule has 0 unspecified atom stereocenters. The van der Waals surface area contributed by atoms with E-state index in [0.717, 1.165) is 5.56 Å². The van der Waals surface area contributed by atoms with Gasteiger partial charge in [-0.1, -0.05) is 13.0 Å². The van der Waals surface area contributed by atoms with Crippen LogP contribution in [0.15, 0.2) is 34.7 Å². The molecule has 122 valence electrons. The topological polar surface area (TPSA) is 80.6 Å². The Morgan fingerprint density at radius 1 is 1.17 bits per heavy atom. The van der Waals surface area contributed by atoms with Crippen LogP contribution in [0.1, 0.15) is 35.2 Å². The van der Waals surface area contributed by atoms with Crippen LogP contribution < -0.4 is 10.6 Å². The summed E-state index contributed by atoms with van der Waals surface area (Å²) in [6, 6.07) is 8.65. The van der Waals surface area contributed by atoms with Crippen LogP contribution in [0, 0.1) is 6.92 Å². The molecule has 2 aromatic rings. The van der Waals surface area contributed by atoms with Gasteiger partial charge in [-0.15, -0.1) is 0 Å². The van der Waals surface area contributed by atoms with Gasteiger partial charge in [0.2, 0.25) is 5.91 Å². The van der Waals surface area contributed by atoms with Crippen LogP contribution in [0.3, 0.4) is 0 Å². The SMILES string of the molecule is CCC(=O)Nc1ccc(C)c(NC(=O)c2ccc(COC)o2)c1. The van der Waals surface area contributed by atoms with Crippen LogP contribution in [0.2, 0.25) is 0 Å². The van der Waals surface area contributed by atoms with Crippen molar-refractivity contribution >= 4 is 23.2 Å². The molecule has 23 heavy (non-hydrogen) atoms. The highest BCUT2D eigenvalue weighted by molar-refractivity contribution is 6.03. The normalized spacial score (nSPS) is 10.4. The second kappa shape index (κ2) is 7.60. The first kappa shape index (κ1) is 16.8. The second-order valence-corrected chi connectivity index (χ2v) is 5.08. The number of aryl methyl sites for hydroxylation is 1. The van der Waals surface area contributed by atoms with Crippen LogP contribution in [0.5, 0.6) is 0 Å². The highest BCUT2D eigenvalue weighted by Gasteiger charge is 2.13. The van der Waals surface area contributed by atoms with Crippen LogP contribution in [0.4, 0.5) is 11.4 Å². The van der Waals surface area contributed by atoms with Gasteiger partial charge in [-0.25, -0.2) is 0 Å². The summed E-state index contributed by atoms with van der Waals surface area (Å²) in [5.74, 6) is 0.355. The van der Waals surface area contributed by atoms with Crippen molar-refractivity contribution in [3.05, 3.63) is 47.4 Å². The van der Waals surface area contributed by atoms with Crippen molar-refractivity contribution in [3.63, 3.8) is 0 Å². The molecule has 0 saturated carbocycles. The summed E-state index contributed by atoms with van der Waals surface area (Å²) < 4.78 is 10.4. The molecular weight excluding hydrogens is 296 g/mol. The van der Waals surface area contributed by atoms with E-state index in [1.54, 1.807) is 38.3 Å². The number of hydrogen-bond acceptors (Lipinski definition) is 4. The molecule has 2 amide bonds. The highest BCUT2D eigenvalue weighted by atomic mass is 16.5. The number of carbonyl (C=O) groups is 2. The number of methoxy groups -OCH3 is 1. The van der Waals surface area contributed by atoms with Crippen molar-refractivity contribution in [2.45, 2.75) is 26.9 Å². The third-order valence-corrected chi connectivity index (χ3v) is 3.26. The molecule has 0 aliphatic heterocycles. The molecule has 0 fully saturated rings. The van der Waals surface area contributed by atoms with Gasteiger partial charge in [0.25, 0.3) is 5.91 Å². The molecule has 0 aliphatic rings. The van der Waals surface area contributed by atoms with E-state index in [1.807, 2.05) is 13.0 Å². The van der Waals surface area contributed by atoms with Gasteiger partial charge in [-0.05, 0) is 36.8 Å². The number of ether oxygens (including phenoxy) is 1. The van der Waals surface area contributed by atoms with Crippen LogP contribution in [0.25, 0.3) is 0 Å². The smallest absolute Gasteiger partial charge is 0.291 e. The van der Waals surface area contributed by atoms with Gasteiger partial charge in [-0.3, -0.25) is 9.59 Å². The minimum absolute atomic E-state index is 0.0821. The zero-order valence-corrected chi connectivity index (χ0v) is 13.4. The lowest BCUT2D eigenvalue weighted by molar-refractivity contribution is -0.115. The quantitative estimate of drug-likeness (QED) is 0.856. The number of rotatable bonds is 6. The van der Waals surface area contributed by atoms with Gasteiger partial charge in [0.05, 0.1) is 0 Å². The number of amides is 2. The largest absolute Gasteiger partial charge is 0.453 e. The lowest BCUT2D eigenvalue weighted by atomic mass is 10.1. The Labute approximate surface area is 134 Å². The standard InChI is InChI=1S/C17H20N2O4/c1-4-16(20)18-12-6-5-11(2)14(9-12)19-17(21)15-8-7-13(23-15)10-22-3/h5-9H,4,10H2,1-3H3,(H,18,20)(H,19,21). The lowest BCUT2D eigenvalue weighted by Gasteiger charge is -2.10. The summed E-state index contributed by atoms with van der Waals surface area (Å²) in [6.07, 6.45) is 0.393. The molecule has 1 aromatic carbocycles. The van der Waals surface area contributed by atoms with Crippen LogP contribution >= 0.6 is 0 Å². The number of carbonyl (C=O) groups excluding carboxylic acids is 2. The minimum atomic E-state index is -0.352. The van der Waals surface area contributed by atoms with Crippen molar-refractivity contribution in [3.8, 4) is 0 Å². The number of anilines is 2. The Morgan fingerprint density at radius 3 is 2.65 bits per heavy atom. The maximum absolute atomic E-state index is 12.2. The Morgan fingerprint density at radius 2 is 1.96 bits per heavy atom.